The summed E-state index contributed by atoms with van der Waals surface area (Å²) in [6.45, 7) is 0. The molecule has 1 aromatic heterocycles. The molecule has 3 rings (SSSR count). The van der Waals surface area contributed by atoms with Gasteiger partial charge in [-0.25, -0.2) is 8.78 Å². The van der Waals surface area contributed by atoms with Crippen molar-refractivity contribution < 1.29 is 8.78 Å². The molecule has 0 bridgehead atoms. The standard InChI is InChI=1S/C12H6BrF2N/c13-7-4-5-9(15)12-10(7)6-2-1-3-8(14)11(6)16-12/h1-5,16H. The fraction of sp³-hybridized carbons (Fsp3) is 0. The van der Waals surface area contributed by atoms with E-state index in [1.54, 1.807) is 18.2 Å². The van der Waals surface area contributed by atoms with E-state index < -0.39 is 0 Å². The monoisotopic (exact) mass is 281 g/mol. The van der Waals surface area contributed by atoms with Crippen LogP contribution >= 0.6 is 15.9 Å². The molecule has 1 nitrogen and oxygen atoms in total. The molecule has 80 valence electrons. The second-order valence-corrected chi connectivity index (χ2v) is 4.42. The Morgan fingerprint density at radius 1 is 0.938 bits per heavy atom. The molecule has 1 heterocycles. The number of fused-ring (bicyclic) bond motifs is 3. The van der Waals surface area contributed by atoms with Crippen LogP contribution < -0.4 is 0 Å². The van der Waals surface area contributed by atoms with Crippen molar-refractivity contribution >= 4 is 37.7 Å². The van der Waals surface area contributed by atoms with E-state index in [4.69, 9.17) is 0 Å². The van der Waals surface area contributed by atoms with Gasteiger partial charge < -0.3 is 4.98 Å². The van der Waals surface area contributed by atoms with E-state index in [-0.39, 0.29) is 11.6 Å². The number of rotatable bonds is 0. The van der Waals surface area contributed by atoms with Gasteiger partial charge in [-0.15, -0.1) is 0 Å². The smallest absolute Gasteiger partial charge is 0.147 e. The van der Waals surface area contributed by atoms with Crippen molar-refractivity contribution in [2.24, 2.45) is 0 Å². The summed E-state index contributed by atoms with van der Waals surface area (Å²) < 4.78 is 27.8. The number of para-hydroxylation sites is 1. The maximum absolute atomic E-state index is 13.6. The fourth-order valence-corrected chi connectivity index (χ4v) is 2.47. The molecule has 3 aromatic rings. The quantitative estimate of drug-likeness (QED) is 0.630. The largest absolute Gasteiger partial charge is 0.350 e. The Morgan fingerprint density at radius 3 is 2.50 bits per heavy atom. The predicted molar refractivity (Wildman–Crippen MR) is 63.4 cm³/mol. The molecule has 0 radical (unpaired) electrons. The van der Waals surface area contributed by atoms with Gasteiger partial charge in [0.2, 0.25) is 0 Å². The highest BCUT2D eigenvalue weighted by molar-refractivity contribution is 9.10. The van der Waals surface area contributed by atoms with Crippen molar-refractivity contribution in [3.05, 3.63) is 46.4 Å². The first-order valence-electron chi connectivity index (χ1n) is 4.72. The minimum absolute atomic E-state index is 0.328. The second kappa shape index (κ2) is 3.28. The Balaban J connectivity index is 2.66. The van der Waals surface area contributed by atoms with Crippen LogP contribution in [0.2, 0.25) is 0 Å². The zero-order chi connectivity index (χ0) is 11.3. The molecule has 0 fully saturated rings. The molecule has 0 atom stereocenters. The SMILES string of the molecule is Fc1cccc2c1[nH]c1c(F)ccc(Br)c12. The molecule has 0 aliphatic carbocycles. The van der Waals surface area contributed by atoms with Gasteiger partial charge in [0.15, 0.2) is 0 Å². The average molecular weight is 282 g/mol. The number of halogens is 3. The van der Waals surface area contributed by atoms with Crippen LogP contribution in [0.1, 0.15) is 0 Å². The molecule has 1 N–H and O–H groups in total. The van der Waals surface area contributed by atoms with Gasteiger partial charge in [-0.1, -0.05) is 28.1 Å². The predicted octanol–water partition coefficient (Wildman–Crippen LogP) is 4.36. The van der Waals surface area contributed by atoms with Crippen molar-refractivity contribution in [3.8, 4) is 0 Å². The summed E-state index contributed by atoms with van der Waals surface area (Å²) in [5.74, 6) is -0.756. The van der Waals surface area contributed by atoms with E-state index in [0.29, 0.717) is 21.8 Å². The summed E-state index contributed by atoms with van der Waals surface area (Å²) in [5, 5.41) is 1.36. The number of aromatic amines is 1. The molecule has 0 aliphatic rings. The summed E-state index contributed by atoms with van der Waals surface area (Å²) in [5.41, 5.74) is 0.665. The molecule has 0 unspecified atom stereocenters. The number of H-pyrrole nitrogens is 1. The third kappa shape index (κ3) is 1.19. The lowest BCUT2D eigenvalue weighted by Gasteiger charge is -1.96. The van der Waals surface area contributed by atoms with Crippen molar-refractivity contribution in [3.63, 3.8) is 0 Å². The number of nitrogens with one attached hydrogen (secondary N) is 1. The third-order valence-electron chi connectivity index (χ3n) is 2.64. The highest BCUT2D eigenvalue weighted by Crippen LogP contribution is 2.33. The molecule has 0 saturated heterocycles. The maximum Gasteiger partial charge on any atom is 0.147 e. The Kier molecular flexibility index (Phi) is 2.01. The second-order valence-electron chi connectivity index (χ2n) is 3.57. The molecule has 4 heteroatoms. The van der Waals surface area contributed by atoms with Gasteiger partial charge in [-0.05, 0) is 18.2 Å². The summed E-state index contributed by atoms with van der Waals surface area (Å²) in [7, 11) is 0. The van der Waals surface area contributed by atoms with Gasteiger partial charge in [0.25, 0.3) is 0 Å². The molecule has 0 amide bonds. The van der Waals surface area contributed by atoms with E-state index in [1.807, 2.05) is 0 Å². The van der Waals surface area contributed by atoms with E-state index in [0.717, 1.165) is 4.47 Å². The lowest BCUT2D eigenvalue weighted by molar-refractivity contribution is 0.633. The summed E-state index contributed by atoms with van der Waals surface area (Å²) in [6, 6.07) is 7.70. The highest BCUT2D eigenvalue weighted by atomic mass is 79.9. The number of benzene rings is 2. The maximum atomic E-state index is 13.6. The molecular formula is C12H6BrF2N. The molecule has 0 spiro atoms. The van der Waals surface area contributed by atoms with Gasteiger partial charge >= 0.3 is 0 Å². The van der Waals surface area contributed by atoms with Crippen LogP contribution in [0.25, 0.3) is 21.8 Å². The molecule has 0 aliphatic heterocycles. The highest BCUT2D eigenvalue weighted by Gasteiger charge is 2.13. The van der Waals surface area contributed by atoms with Crippen molar-refractivity contribution in [2.45, 2.75) is 0 Å². The van der Waals surface area contributed by atoms with Gasteiger partial charge in [-0.3, -0.25) is 0 Å². The van der Waals surface area contributed by atoms with Crippen LogP contribution in [0.3, 0.4) is 0 Å². The fourth-order valence-electron chi connectivity index (χ4n) is 1.92. The number of hydrogen-bond donors (Lipinski definition) is 1. The van der Waals surface area contributed by atoms with E-state index in [9.17, 15) is 8.78 Å². The van der Waals surface area contributed by atoms with Crippen LogP contribution in [0.4, 0.5) is 8.78 Å². The van der Waals surface area contributed by atoms with Crippen LogP contribution in [-0.4, -0.2) is 4.98 Å². The normalized spacial score (nSPS) is 11.4. The molecule has 2 aromatic carbocycles. The summed E-state index contributed by atoms with van der Waals surface area (Å²) in [4.78, 5) is 2.78. The topological polar surface area (TPSA) is 15.8 Å². The van der Waals surface area contributed by atoms with Gasteiger partial charge in [0, 0.05) is 15.2 Å². The summed E-state index contributed by atoms with van der Waals surface area (Å²) in [6.07, 6.45) is 0. The minimum atomic E-state index is -0.381. The van der Waals surface area contributed by atoms with Crippen LogP contribution in [0, 0.1) is 11.6 Å². The molecular weight excluding hydrogens is 276 g/mol. The first kappa shape index (κ1) is 9.78. The van der Waals surface area contributed by atoms with Crippen molar-refractivity contribution in [2.75, 3.05) is 0 Å². The Hall–Kier alpha value is -1.42. The zero-order valence-electron chi connectivity index (χ0n) is 8.02. The van der Waals surface area contributed by atoms with Crippen LogP contribution in [0.15, 0.2) is 34.8 Å². The van der Waals surface area contributed by atoms with E-state index in [2.05, 4.69) is 20.9 Å². The first-order chi connectivity index (χ1) is 7.68. The van der Waals surface area contributed by atoms with Gasteiger partial charge in [0.1, 0.15) is 11.6 Å². The zero-order valence-corrected chi connectivity index (χ0v) is 9.61. The van der Waals surface area contributed by atoms with Crippen molar-refractivity contribution in [1.82, 2.24) is 4.98 Å². The first-order valence-corrected chi connectivity index (χ1v) is 5.51. The number of aromatic nitrogens is 1. The minimum Gasteiger partial charge on any atom is -0.350 e. The van der Waals surface area contributed by atoms with Crippen molar-refractivity contribution in [1.29, 1.82) is 0 Å². The number of hydrogen-bond acceptors (Lipinski definition) is 0. The lowest BCUT2D eigenvalue weighted by Crippen LogP contribution is -1.77. The lowest BCUT2D eigenvalue weighted by atomic mass is 10.1. The van der Waals surface area contributed by atoms with Gasteiger partial charge in [0.05, 0.1) is 11.0 Å². The van der Waals surface area contributed by atoms with Crippen LogP contribution in [-0.2, 0) is 0 Å². The van der Waals surface area contributed by atoms with Gasteiger partial charge in [-0.2, -0.15) is 0 Å². The Morgan fingerprint density at radius 2 is 1.69 bits per heavy atom. The average Bonchev–Trinajstić information content (AvgIpc) is 2.66. The molecule has 16 heavy (non-hydrogen) atoms. The summed E-state index contributed by atoms with van der Waals surface area (Å²) >= 11 is 3.35. The van der Waals surface area contributed by atoms with Crippen LogP contribution in [0.5, 0.6) is 0 Å². The third-order valence-corrected chi connectivity index (χ3v) is 3.30. The van der Waals surface area contributed by atoms with E-state index in [1.165, 1.54) is 12.1 Å². The Bertz CT molecular complexity index is 703. The van der Waals surface area contributed by atoms with E-state index >= 15 is 0 Å². The Labute approximate surface area is 98.2 Å². The molecule has 0 saturated carbocycles.